The van der Waals surface area contributed by atoms with Gasteiger partial charge in [0, 0.05) is 24.2 Å². The highest BCUT2D eigenvalue weighted by Gasteiger charge is 2.53. The van der Waals surface area contributed by atoms with Gasteiger partial charge in [0.05, 0.1) is 26.2 Å². The molecule has 3 saturated heterocycles. The van der Waals surface area contributed by atoms with Crippen molar-refractivity contribution >= 4 is 5.97 Å². The van der Waals surface area contributed by atoms with E-state index in [9.17, 15) is 9.90 Å². The zero-order chi connectivity index (χ0) is 21.3. The van der Waals surface area contributed by atoms with E-state index >= 15 is 0 Å². The maximum absolute atomic E-state index is 12.1. The molecule has 3 aliphatic heterocycles. The number of piperidine rings is 3. The number of fused-ring (bicyclic) bond motifs is 3. The molecule has 6 atom stereocenters. The van der Waals surface area contributed by atoms with Crippen LogP contribution >= 0.6 is 0 Å². The second kappa shape index (κ2) is 8.66. The summed E-state index contributed by atoms with van der Waals surface area (Å²) in [6.45, 7) is 3.57. The van der Waals surface area contributed by atoms with Crippen LogP contribution in [0.15, 0.2) is 48.5 Å². The van der Waals surface area contributed by atoms with Crippen LogP contribution in [-0.4, -0.2) is 48.8 Å². The molecule has 3 aliphatic rings. The predicted octanol–water partition coefficient (Wildman–Crippen LogP) is 3.33. The van der Waals surface area contributed by atoms with E-state index in [0.29, 0.717) is 6.54 Å². The SMILES string of the molecule is COc1ccc(OC)c(CN[C@H]2[C@H]3CCN(C(C)[C@@H]3C(=O)O)[C@H]2c2ccccc2)c1. The number of rotatable bonds is 7. The number of benzene rings is 2. The summed E-state index contributed by atoms with van der Waals surface area (Å²) < 4.78 is 10.9. The number of hydrogen-bond acceptors (Lipinski definition) is 5. The first-order valence-corrected chi connectivity index (χ1v) is 10.5. The van der Waals surface area contributed by atoms with Gasteiger partial charge in [0.15, 0.2) is 0 Å². The number of carboxylic acids is 1. The van der Waals surface area contributed by atoms with Crippen molar-refractivity contribution in [3.63, 3.8) is 0 Å². The first-order chi connectivity index (χ1) is 14.5. The Morgan fingerprint density at radius 1 is 1.17 bits per heavy atom. The molecule has 2 N–H and O–H groups in total. The van der Waals surface area contributed by atoms with Gasteiger partial charge in [-0.05, 0) is 49.6 Å². The van der Waals surface area contributed by atoms with Crippen LogP contribution < -0.4 is 14.8 Å². The third kappa shape index (κ3) is 3.66. The van der Waals surface area contributed by atoms with Gasteiger partial charge in [0.1, 0.15) is 11.5 Å². The Morgan fingerprint density at radius 2 is 1.93 bits per heavy atom. The lowest BCUT2D eigenvalue weighted by Gasteiger charge is -2.57. The molecule has 2 bridgehead atoms. The summed E-state index contributed by atoms with van der Waals surface area (Å²) in [4.78, 5) is 14.5. The van der Waals surface area contributed by atoms with E-state index in [1.165, 1.54) is 5.56 Å². The summed E-state index contributed by atoms with van der Waals surface area (Å²) in [6.07, 6.45) is 0.886. The topological polar surface area (TPSA) is 71.0 Å². The molecule has 3 fully saturated rings. The third-order valence-corrected chi connectivity index (χ3v) is 6.83. The van der Waals surface area contributed by atoms with Crippen LogP contribution in [0.1, 0.15) is 30.5 Å². The summed E-state index contributed by atoms with van der Waals surface area (Å²) in [5, 5.41) is 13.7. The largest absolute Gasteiger partial charge is 0.497 e. The maximum atomic E-state index is 12.1. The number of nitrogens with one attached hydrogen (secondary N) is 1. The molecule has 160 valence electrons. The quantitative estimate of drug-likeness (QED) is 0.730. The third-order valence-electron chi connectivity index (χ3n) is 6.83. The molecule has 0 spiro atoms. The van der Waals surface area contributed by atoms with Gasteiger partial charge in [-0.2, -0.15) is 0 Å². The van der Waals surface area contributed by atoms with E-state index in [-0.39, 0.29) is 30.0 Å². The first kappa shape index (κ1) is 20.7. The summed E-state index contributed by atoms with van der Waals surface area (Å²) in [7, 11) is 3.31. The fourth-order valence-corrected chi connectivity index (χ4v) is 5.43. The second-order valence-corrected chi connectivity index (χ2v) is 8.23. The highest BCUT2D eigenvalue weighted by molar-refractivity contribution is 5.72. The fraction of sp³-hybridized carbons (Fsp3) is 0.458. The van der Waals surface area contributed by atoms with Gasteiger partial charge in [-0.15, -0.1) is 0 Å². The molecule has 3 heterocycles. The van der Waals surface area contributed by atoms with E-state index < -0.39 is 5.97 Å². The van der Waals surface area contributed by atoms with Gasteiger partial charge in [-0.25, -0.2) is 0 Å². The lowest BCUT2D eigenvalue weighted by molar-refractivity contribution is -0.158. The van der Waals surface area contributed by atoms with Crippen molar-refractivity contribution < 1.29 is 19.4 Å². The van der Waals surface area contributed by atoms with Crippen LogP contribution in [0.4, 0.5) is 0 Å². The van der Waals surface area contributed by atoms with Gasteiger partial charge in [-0.3, -0.25) is 9.69 Å². The second-order valence-electron chi connectivity index (χ2n) is 8.23. The first-order valence-electron chi connectivity index (χ1n) is 10.5. The van der Waals surface area contributed by atoms with Gasteiger partial charge in [0.25, 0.3) is 0 Å². The van der Waals surface area contributed by atoms with Crippen molar-refractivity contribution in [2.75, 3.05) is 20.8 Å². The van der Waals surface area contributed by atoms with Crippen LogP contribution in [0.25, 0.3) is 0 Å². The molecular weight excluding hydrogens is 380 g/mol. The Bertz CT molecular complexity index is 888. The average molecular weight is 411 g/mol. The van der Waals surface area contributed by atoms with Crippen LogP contribution in [-0.2, 0) is 11.3 Å². The smallest absolute Gasteiger partial charge is 0.308 e. The molecule has 0 saturated carbocycles. The normalized spacial score (nSPS) is 30.1. The predicted molar refractivity (Wildman–Crippen MR) is 115 cm³/mol. The van der Waals surface area contributed by atoms with Crippen LogP contribution in [0.2, 0.25) is 0 Å². The molecule has 6 heteroatoms. The Hall–Kier alpha value is -2.57. The molecule has 30 heavy (non-hydrogen) atoms. The summed E-state index contributed by atoms with van der Waals surface area (Å²) in [6, 6.07) is 16.4. The molecule has 6 nitrogen and oxygen atoms in total. The van der Waals surface area contributed by atoms with Crippen molar-refractivity contribution in [2.24, 2.45) is 11.8 Å². The minimum atomic E-state index is -0.700. The number of carboxylic acid groups (broad SMARTS) is 1. The molecule has 0 aromatic heterocycles. The van der Waals surface area contributed by atoms with Gasteiger partial charge < -0.3 is 19.9 Å². The highest BCUT2D eigenvalue weighted by atomic mass is 16.5. The molecule has 0 aliphatic carbocycles. The van der Waals surface area contributed by atoms with Crippen molar-refractivity contribution in [1.82, 2.24) is 10.2 Å². The minimum absolute atomic E-state index is 0.0101. The zero-order valence-corrected chi connectivity index (χ0v) is 17.7. The van der Waals surface area contributed by atoms with E-state index in [1.807, 2.05) is 24.3 Å². The maximum Gasteiger partial charge on any atom is 0.308 e. The van der Waals surface area contributed by atoms with E-state index in [4.69, 9.17) is 9.47 Å². The summed E-state index contributed by atoms with van der Waals surface area (Å²) in [5.41, 5.74) is 2.23. The average Bonchev–Trinajstić information content (AvgIpc) is 2.77. The lowest BCUT2D eigenvalue weighted by Crippen LogP contribution is -2.66. The Morgan fingerprint density at radius 3 is 2.60 bits per heavy atom. The van der Waals surface area contributed by atoms with Crippen molar-refractivity contribution in [1.29, 1.82) is 0 Å². The minimum Gasteiger partial charge on any atom is -0.497 e. The van der Waals surface area contributed by atoms with Crippen molar-refractivity contribution in [3.8, 4) is 11.5 Å². The zero-order valence-electron chi connectivity index (χ0n) is 17.7. The fourth-order valence-electron chi connectivity index (χ4n) is 5.43. The lowest BCUT2D eigenvalue weighted by atomic mass is 9.67. The van der Waals surface area contributed by atoms with E-state index in [2.05, 4.69) is 41.4 Å². The van der Waals surface area contributed by atoms with Crippen molar-refractivity contribution in [3.05, 3.63) is 59.7 Å². The molecule has 2 aromatic rings. The molecule has 2 aromatic carbocycles. The Kier molecular flexibility index (Phi) is 5.97. The van der Waals surface area contributed by atoms with Crippen molar-refractivity contribution in [2.45, 2.75) is 38.0 Å². The van der Waals surface area contributed by atoms with Gasteiger partial charge in [0.2, 0.25) is 0 Å². The monoisotopic (exact) mass is 410 g/mol. The summed E-state index contributed by atoms with van der Waals surface area (Å²) >= 11 is 0. The van der Waals surface area contributed by atoms with Gasteiger partial charge >= 0.3 is 5.97 Å². The molecule has 0 radical (unpaired) electrons. The number of aliphatic carboxylic acids is 1. The number of ether oxygens (including phenoxy) is 2. The van der Waals surface area contributed by atoms with Crippen LogP contribution in [0.3, 0.4) is 0 Å². The highest BCUT2D eigenvalue weighted by Crippen LogP contribution is 2.47. The Labute approximate surface area is 177 Å². The van der Waals surface area contributed by atoms with Crippen LogP contribution in [0.5, 0.6) is 11.5 Å². The molecule has 0 amide bonds. The van der Waals surface area contributed by atoms with E-state index in [0.717, 1.165) is 30.0 Å². The molecule has 5 rings (SSSR count). The molecular formula is C24H30N2O4. The number of hydrogen-bond donors (Lipinski definition) is 2. The Balaban J connectivity index is 1.66. The number of carbonyl (C=O) groups is 1. The molecule has 2 unspecified atom stereocenters. The number of methoxy groups -OCH3 is 2. The van der Waals surface area contributed by atoms with E-state index in [1.54, 1.807) is 14.2 Å². The number of nitrogens with zero attached hydrogens (tertiary/aromatic N) is 1. The standard InChI is InChI=1S/C24H30N2O4/c1-15-21(24(27)28)19-11-12-26(15)23(16-7-5-4-6-8-16)22(19)25-14-17-13-18(29-2)9-10-20(17)30-3/h4-10,13,15,19,21-23,25H,11-12,14H2,1-3H3,(H,27,28)/t15?,19-,21-,22-,23-/m0/s1. The summed E-state index contributed by atoms with van der Waals surface area (Å²) in [5.74, 6) is 0.573. The van der Waals surface area contributed by atoms with Crippen LogP contribution in [0, 0.1) is 11.8 Å². The van der Waals surface area contributed by atoms with Gasteiger partial charge in [-0.1, -0.05) is 30.3 Å².